The van der Waals surface area contributed by atoms with Gasteiger partial charge in [0.25, 0.3) is 0 Å². The number of nitrogens with two attached hydrogens (primary N) is 1. The van der Waals surface area contributed by atoms with Crippen LogP contribution in [0.25, 0.3) is 0 Å². The van der Waals surface area contributed by atoms with E-state index in [0.29, 0.717) is 12.5 Å². The molecule has 4 nitrogen and oxygen atoms in total. The Morgan fingerprint density at radius 3 is 1.76 bits per heavy atom. The Bertz CT molecular complexity index is 671. The SMILES string of the molecule is CC(CN)CC(C)Cc1cc(OC(F)(F)F)cc(OC(F)(F)F)c1OC(F)(F)F. The molecule has 0 saturated heterocycles. The first-order chi connectivity index (χ1) is 13.0. The Hall–Kier alpha value is -2.05. The van der Waals surface area contributed by atoms with Gasteiger partial charge in [0.2, 0.25) is 0 Å². The highest BCUT2D eigenvalue weighted by molar-refractivity contribution is 5.52. The Morgan fingerprint density at radius 1 is 0.793 bits per heavy atom. The molecule has 2 unspecified atom stereocenters. The Morgan fingerprint density at radius 2 is 1.31 bits per heavy atom. The van der Waals surface area contributed by atoms with E-state index in [2.05, 4.69) is 14.2 Å². The second kappa shape index (κ2) is 9.18. The molecule has 1 aromatic carbocycles. The molecule has 0 saturated carbocycles. The van der Waals surface area contributed by atoms with E-state index in [0.717, 1.165) is 0 Å². The van der Waals surface area contributed by atoms with Crippen LogP contribution in [-0.2, 0) is 6.42 Å². The molecule has 0 aromatic heterocycles. The maximum absolute atomic E-state index is 12.7. The summed E-state index contributed by atoms with van der Waals surface area (Å²) >= 11 is 0. The van der Waals surface area contributed by atoms with Crippen LogP contribution in [-0.4, -0.2) is 25.6 Å². The quantitative estimate of drug-likeness (QED) is 0.536. The zero-order chi connectivity index (χ0) is 22.6. The average Bonchev–Trinajstić information content (AvgIpc) is 2.46. The molecule has 0 amide bonds. The highest BCUT2D eigenvalue weighted by atomic mass is 19.4. The molecule has 1 rings (SSSR count). The maximum atomic E-state index is 12.7. The third kappa shape index (κ3) is 9.81. The van der Waals surface area contributed by atoms with Crippen molar-refractivity contribution < 1.29 is 53.7 Å². The summed E-state index contributed by atoms with van der Waals surface area (Å²) in [6, 6.07) is 0.556. The molecule has 1 aromatic rings. The predicted octanol–water partition coefficient (Wildman–Crippen LogP) is 5.55. The van der Waals surface area contributed by atoms with E-state index in [1.807, 2.05) is 0 Å². The van der Waals surface area contributed by atoms with Crippen molar-refractivity contribution in [2.75, 3.05) is 6.54 Å². The van der Waals surface area contributed by atoms with Gasteiger partial charge >= 0.3 is 19.1 Å². The van der Waals surface area contributed by atoms with Gasteiger partial charge in [-0.3, -0.25) is 0 Å². The first-order valence-corrected chi connectivity index (χ1v) is 8.13. The average molecular weight is 443 g/mol. The van der Waals surface area contributed by atoms with Gasteiger partial charge in [0, 0.05) is 11.6 Å². The minimum absolute atomic E-state index is 0.0265. The number of halogens is 9. The van der Waals surface area contributed by atoms with E-state index >= 15 is 0 Å². The second-order valence-corrected chi connectivity index (χ2v) is 6.44. The largest absolute Gasteiger partial charge is 0.573 e. The molecule has 0 aliphatic heterocycles. The van der Waals surface area contributed by atoms with Crippen molar-refractivity contribution in [3.8, 4) is 17.2 Å². The van der Waals surface area contributed by atoms with Gasteiger partial charge in [0.05, 0.1) is 0 Å². The van der Waals surface area contributed by atoms with E-state index in [1.54, 1.807) is 13.8 Å². The van der Waals surface area contributed by atoms with Gasteiger partial charge in [-0.15, -0.1) is 39.5 Å². The van der Waals surface area contributed by atoms with Crippen LogP contribution in [0.15, 0.2) is 12.1 Å². The second-order valence-electron chi connectivity index (χ2n) is 6.44. The van der Waals surface area contributed by atoms with E-state index < -0.39 is 47.8 Å². The molecule has 13 heteroatoms. The molecule has 2 atom stereocenters. The third-order valence-corrected chi connectivity index (χ3v) is 3.56. The molecule has 2 N–H and O–H groups in total. The number of hydrogen-bond acceptors (Lipinski definition) is 4. The number of alkyl halides is 9. The normalized spacial score (nSPS) is 15.0. The van der Waals surface area contributed by atoms with Crippen LogP contribution in [0.1, 0.15) is 25.8 Å². The van der Waals surface area contributed by atoms with Gasteiger partial charge in [-0.2, -0.15) is 0 Å². The van der Waals surface area contributed by atoms with Crippen molar-refractivity contribution in [2.24, 2.45) is 17.6 Å². The van der Waals surface area contributed by atoms with Crippen molar-refractivity contribution in [3.63, 3.8) is 0 Å². The Balaban J connectivity index is 3.47. The van der Waals surface area contributed by atoms with Crippen LogP contribution in [0.2, 0.25) is 0 Å². The molecule has 0 radical (unpaired) electrons. The van der Waals surface area contributed by atoms with Gasteiger partial charge in [0.1, 0.15) is 5.75 Å². The molecule has 168 valence electrons. The van der Waals surface area contributed by atoms with E-state index in [4.69, 9.17) is 5.73 Å². The van der Waals surface area contributed by atoms with Gasteiger partial charge in [-0.25, -0.2) is 0 Å². The van der Waals surface area contributed by atoms with Crippen LogP contribution in [0.5, 0.6) is 17.2 Å². The maximum Gasteiger partial charge on any atom is 0.573 e. The number of benzene rings is 1. The lowest BCUT2D eigenvalue weighted by atomic mass is 9.91. The van der Waals surface area contributed by atoms with Crippen LogP contribution in [0.3, 0.4) is 0 Å². The highest BCUT2D eigenvalue weighted by Crippen LogP contribution is 2.43. The van der Waals surface area contributed by atoms with Gasteiger partial charge in [-0.05, 0) is 37.3 Å². The highest BCUT2D eigenvalue weighted by Gasteiger charge is 2.39. The van der Waals surface area contributed by atoms with E-state index in [9.17, 15) is 39.5 Å². The van der Waals surface area contributed by atoms with Crippen molar-refractivity contribution in [1.82, 2.24) is 0 Å². The topological polar surface area (TPSA) is 53.7 Å². The summed E-state index contributed by atoms with van der Waals surface area (Å²) in [4.78, 5) is 0. The molecule has 0 fully saturated rings. The van der Waals surface area contributed by atoms with Crippen LogP contribution in [0.4, 0.5) is 39.5 Å². The summed E-state index contributed by atoms with van der Waals surface area (Å²) in [6.07, 6.45) is -16.2. The minimum atomic E-state index is -5.49. The lowest BCUT2D eigenvalue weighted by Crippen LogP contribution is -2.23. The third-order valence-electron chi connectivity index (χ3n) is 3.56. The molecule has 0 aliphatic rings. The molecule has 0 bridgehead atoms. The fourth-order valence-corrected chi connectivity index (χ4v) is 2.65. The lowest BCUT2D eigenvalue weighted by molar-refractivity contribution is -0.288. The molecule has 0 aliphatic carbocycles. The van der Waals surface area contributed by atoms with Crippen molar-refractivity contribution >= 4 is 0 Å². The van der Waals surface area contributed by atoms with E-state index in [-0.39, 0.29) is 24.9 Å². The number of hydrogen-bond donors (Lipinski definition) is 1. The zero-order valence-electron chi connectivity index (χ0n) is 15.1. The first-order valence-electron chi connectivity index (χ1n) is 8.13. The minimum Gasteiger partial charge on any atom is -0.406 e. The summed E-state index contributed by atoms with van der Waals surface area (Å²) in [5.74, 6) is -4.72. The Labute approximate surface area is 159 Å². The molecular weight excluding hydrogens is 425 g/mol. The summed E-state index contributed by atoms with van der Waals surface area (Å²) in [5.41, 5.74) is 4.85. The number of ether oxygens (including phenoxy) is 3. The van der Waals surface area contributed by atoms with Crippen LogP contribution < -0.4 is 19.9 Å². The van der Waals surface area contributed by atoms with E-state index in [1.165, 1.54) is 0 Å². The lowest BCUT2D eigenvalue weighted by Gasteiger charge is -2.22. The molecule has 0 heterocycles. The summed E-state index contributed by atoms with van der Waals surface area (Å²) in [6.45, 7) is 3.51. The van der Waals surface area contributed by atoms with Crippen molar-refractivity contribution in [3.05, 3.63) is 17.7 Å². The monoisotopic (exact) mass is 443 g/mol. The van der Waals surface area contributed by atoms with Crippen LogP contribution >= 0.6 is 0 Å². The van der Waals surface area contributed by atoms with Crippen molar-refractivity contribution in [2.45, 2.75) is 45.8 Å². The summed E-state index contributed by atoms with van der Waals surface area (Å²) in [7, 11) is 0. The first kappa shape index (κ1) is 25.0. The summed E-state index contributed by atoms with van der Waals surface area (Å²) in [5, 5.41) is 0. The zero-order valence-corrected chi connectivity index (χ0v) is 15.1. The smallest absolute Gasteiger partial charge is 0.406 e. The standard InChI is InChI=1S/C16H18F9NO3/c1-8(3-9(2)7-26)4-10-5-11(27-14(17,18)19)6-12(28-15(20,21)22)13(10)29-16(23,24)25/h5-6,8-9H,3-4,7,26H2,1-2H3. The number of rotatable bonds is 8. The van der Waals surface area contributed by atoms with Crippen LogP contribution in [0, 0.1) is 11.8 Å². The predicted molar refractivity (Wildman–Crippen MR) is 82.2 cm³/mol. The van der Waals surface area contributed by atoms with Gasteiger partial charge < -0.3 is 19.9 Å². The van der Waals surface area contributed by atoms with Gasteiger partial charge in [0.15, 0.2) is 11.5 Å². The summed E-state index contributed by atoms with van der Waals surface area (Å²) < 4.78 is 124. The van der Waals surface area contributed by atoms with Gasteiger partial charge in [-0.1, -0.05) is 13.8 Å². The fraction of sp³-hybridized carbons (Fsp3) is 0.625. The Kier molecular flexibility index (Phi) is 7.91. The molecule has 0 spiro atoms. The molecular formula is C16H18F9NO3. The molecule has 29 heavy (non-hydrogen) atoms. The fourth-order valence-electron chi connectivity index (χ4n) is 2.65. The van der Waals surface area contributed by atoms with Crippen molar-refractivity contribution in [1.29, 1.82) is 0 Å².